The van der Waals surface area contributed by atoms with Crippen LogP contribution in [0.1, 0.15) is 35.5 Å². The van der Waals surface area contributed by atoms with Crippen molar-refractivity contribution in [2.75, 3.05) is 0 Å². The van der Waals surface area contributed by atoms with Crippen molar-refractivity contribution < 1.29 is 0 Å². The number of hydrogen-bond donors (Lipinski definition) is 1. The maximum Gasteiger partial charge on any atom is 0.114 e. The van der Waals surface area contributed by atoms with Crippen LogP contribution in [0.2, 0.25) is 0 Å². The number of nitrogens with zero attached hydrogens (tertiary/aromatic N) is 1. The van der Waals surface area contributed by atoms with Crippen molar-refractivity contribution in [1.29, 1.82) is 0 Å². The number of thiazole rings is 1. The van der Waals surface area contributed by atoms with E-state index in [2.05, 4.69) is 77.9 Å². The highest BCUT2D eigenvalue weighted by atomic mass is 32.1. The molecule has 0 saturated heterocycles. The lowest BCUT2D eigenvalue weighted by Crippen LogP contribution is -2.31. The highest BCUT2D eigenvalue weighted by molar-refractivity contribution is 7.09. The summed E-state index contributed by atoms with van der Waals surface area (Å²) in [6.45, 7) is 2.26. The average Bonchev–Trinajstić information content (AvgIpc) is 3.14. The third-order valence-corrected chi connectivity index (χ3v) is 4.83. The van der Waals surface area contributed by atoms with Crippen molar-refractivity contribution in [3.05, 3.63) is 88.4 Å². The quantitative estimate of drug-likeness (QED) is 0.673. The topological polar surface area (TPSA) is 24.9 Å². The summed E-state index contributed by atoms with van der Waals surface area (Å²) in [7, 11) is 0. The van der Waals surface area contributed by atoms with Gasteiger partial charge in [0.15, 0.2) is 0 Å². The molecule has 0 spiro atoms. The van der Waals surface area contributed by atoms with E-state index in [4.69, 9.17) is 0 Å². The Bertz CT molecular complexity index is 680. The van der Waals surface area contributed by atoms with Crippen LogP contribution >= 0.6 is 11.3 Å². The number of rotatable bonds is 7. The van der Waals surface area contributed by atoms with Crippen LogP contribution in [-0.2, 0) is 6.42 Å². The summed E-state index contributed by atoms with van der Waals surface area (Å²) >= 11 is 1.71. The van der Waals surface area contributed by atoms with Crippen molar-refractivity contribution in [2.45, 2.75) is 31.8 Å². The van der Waals surface area contributed by atoms with E-state index in [1.54, 1.807) is 11.3 Å². The molecule has 0 fully saturated rings. The fourth-order valence-electron chi connectivity index (χ4n) is 2.73. The molecule has 2 unspecified atom stereocenters. The van der Waals surface area contributed by atoms with Gasteiger partial charge in [-0.1, -0.05) is 60.7 Å². The number of hydrogen-bond acceptors (Lipinski definition) is 3. The minimum absolute atomic E-state index is 0.168. The van der Waals surface area contributed by atoms with E-state index in [1.165, 1.54) is 11.1 Å². The molecule has 0 bridgehead atoms. The molecule has 2 aromatic carbocycles. The second-order valence-corrected chi connectivity index (χ2v) is 6.73. The number of aryl methyl sites for hydroxylation is 1. The van der Waals surface area contributed by atoms with Crippen LogP contribution < -0.4 is 5.32 Å². The molecule has 1 heterocycles. The summed E-state index contributed by atoms with van der Waals surface area (Å²) in [5.74, 6) is 0. The van der Waals surface area contributed by atoms with Gasteiger partial charge in [-0.3, -0.25) is 0 Å². The molecule has 0 saturated carbocycles. The normalized spacial score (nSPS) is 13.6. The van der Waals surface area contributed by atoms with E-state index in [9.17, 15) is 0 Å². The SMILES string of the molecule is CC(CCc1ccccc1)NC(c1ccccc1)c1nccs1. The van der Waals surface area contributed by atoms with Gasteiger partial charge >= 0.3 is 0 Å². The second-order valence-electron chi connectivity index (χ2n) is 5.81. The summed E-state index contributed by atoms with van der Waals surface area (Å²) in [6.07, 6.45) is 4.08. The van der Waals surface area contributed by atoms with E-state index in [0.717, 1.165) is 17.8 Å². The fourth-order valence-corrected chi connectivity index (χ4v) is 3.45. The van der Waals surface area contributed by atoms with Crippen LogP contribution in [0.3, 0.4) is 0 Å². The second kappa shape index (κ2) is 8.04. The van der Waals surface area contributed by atoms with Gasteiger partial charge in [-0.25, -0.2) is 4.98 Å². The van der Waals surface area contributed by atoms with E-state index in [0.29, 0.717) is 6.04 Å². The first kappa shape index (κ1) is 15.9. The van der Waals surface area contributed by atoms with E-state index >= 15 is 0 Å². The molecule has 0 amide bonds. The first-order valence-corrected chi connectivity index (χ1v) is 8.95. The first-order chi connectivity index (χ1) is 11.3. The van der Waals surface area contributed by atoms with Gasteiger partial charge < -0.3 is 5.32 Å². The molecule has 3 rings (SSSR count). The summed E-state index contributed by atoms with van der Waals surface area (Å²) in [6, 6.07) is 21.8. The minimum atomic E-state index is 0.168. The predicted molar refractivity (Wildman–Crippen MR) is 97.8 cm³/mol. The third-order valence-electron chi connectivity index (χ3n) is 3.99. The monoisotopic (exact) mass is 322 g/mol. The van der Waals surface area contributed by atoms with Gasteiger partial charge in [0.1, 0.15) is 5.01 Å². The van der Waals surface area contributed by atoms with Crippen molar-refractivity contribution in [3.8, 4) is 0 Å². The molecule has 3 aromatic rings. The maximum absolute atomic E-state index is 4.52. The zero-order chi connectivity index (χ0) is 15.9. The van der Waals surface area contributed by atoms with Crippen LogP contribution in [0.25, 0.3) is 0 Å². The van der Waals surface area contributed by atoms with Crippen molar-refractivity contribution in [2.24, 2.45) is 0 Å². The highest BCUT2D eigenvalue weighted by Gasteiger charge is 2.18. The average molecular weight is 322 g/mol. The Morgan fingerprint density at radius 3 is 2.35 bits per heavy atom. The summed E-state index contributed by atoms with van der Waals surface area (Å²) < 4.78 is 0. The molecular formula is C20H22N2S. The molecule has 0 radical (unpaired) electrons. The van der Waals surface area contributed by atoms with Crippen molar-refractivity contribution in [3.63, 3.8) is 0 Å². The van der Waals surface area contributed by atoms with Crippen molar-refractivity contribution in [1.82, 2.24) is 10.3 Å². The molecule has 0 aliphatic rings. The van der Waals surface area contributed by atoms with Gasteiger partial charge in [0.2, 0.25) is 0 Å². The Labute approximate surface area is 142 Å². The van der Waals surface area contributed by atoms with E-state index in [1.807, 2.05) is 11.6 Å². The first-order valence-electron chi connectivity index (χ1n) is 8.07. The molecule has 118 valence electrons. The van der Waals surface area contributed by atoms with Crippen LogP contribution in [0.4, 0.5) is 0 Å². The fraction of sp³-hybridized carbons (Fsp3) is 0.250. The Kier molecular flexibility index (Phi) is 5.56. The van der Waals surface area contributed by atoms with E-state index < -0.39 is 0 Å². The lowest BCUT2D eigenvalue weighted by Gasteiger charge is -2.22. The smallest absolute Gasteiger partial charge is 0.114 e. The molecule has 2 nitrogen and oxygen atoms in total. The molecule has 1 N–H and O–H groups in total. The Balaban J connectivity index is 1.66. The Morgan fingerprint density at radius 2 is 1.70 bits per heavy atom. The highest BCUT2D eigenvalue weighted by Crippen LogP contribution is 2.24. The zero-order valence-electron chi connectivity index (χ0n) is 13.4. The summed E-state index contributed by atoms with van der Waals surface area (Å²) in [5, 5.41) is 6.92. The zero-order valence-corrected chi connectivity index (χ0v) is 14.2. The van der Waals surface area contributed by atoms with Crippen LogP contribution in [-0.4, -0.2) is 11.0 Å². The minimum Gasteiger partial charge on any atom is -0.302 e. The van der Waals surface area contributed by atoms with Gasteiger partial charge in [0.25, 0.3) is 0 Å². The lowest BCUT2D eigenvalue weighted by atomic mass is 10.0. The number of nitrogens with one attached hydrogen (secondary N) is 1. The van der Waals surface area contributed by atoms with Crippen molar-refractivity contribution >= 4 is 11.3 Å². The Hall–Kier alpha value is -1.97. The van der Waals surface area contributed by atoms with Crippen LogP contribution in [0.5, 0.6) is 0 Å². The number of benzene rings is 2. The largest absolute Gasteiger partial charge is 0.302 e. The van der Waals surface area contributed by atoms with Gasteiger partial charge in [0, 0.05) is 17.6 Å². The lowest BCUT2D eigenvalue weighted by molar-refractivity contribution is 0.472. The van der Waals surface area contributed by atoms with Crippen LogP contribution in [0.15, 0.2) is 72.2 Å². The molecule has 23 heavy (non-hydrogen) atoms. The van der Waals surface area contributed by atoms with E-state index in [-0.39, 0.29) is 6.04 Å². The predicted octanol–water partition coefficient (Wildman–Crippen LogP) is 4.84. The maximum atomic E-state index is 4.52. The molecule has 0 aliphatic carbocycles. The molecule has 2 atom stereocenters. The third kappa shape index (κ3) is 4.50. The molecule has 1 aromatic heterocycles. The summed E-state index contributed by atoms with van der Waals surface area (Å²) in [4.78, 5) is 4.52. The van der Waals surface area contributed by atoms with Gasteiger partial charge in [-0.05, 0) is 30.9 Å². The standard InChI is InChI=1S/C20H22N2S/c1-16(12-13-17-8-4-2-5-9-17)22-19(20-21-14-15-23-20)18-10-6-3-7-11-18/h2-11,14-16,19,22H,12-13H2,1H3. The van der Waals surface area contributed by atoms with Gasteiger partial charge in [-0.2, -0.15) is 0 Å². The molecule has 3 heteroatoms. The number of aromatic nitrogens is 1. The van der Waals surface area contributed by atoms with Gasteiger partial charge in [0.05, 0.1) is 6.04 Å². The molecule has 0 aliphatic heterocycles. The summed E-state index contributed by atoms with van der Waals surface area (Å²) in [5.41, 5.74) is 2.67. The Morgan fingerprint density at radius 1 is 1.00 bits per heavy atom. The van der Waals surface area contributed by atoms with Crippen LogP contribution in [0, 0.1) is 0 Å². The van der Waals surface area contributed by atoms with Gasteiger partial charge in [-0.15, -0.1) is 11.3 Å². The molecular weight excluding hydrogens is 300 g/mol.